The Bertz CT molecular complexity index is 609. The number of hydrogen-bond donors (Lipinski definition) is 0. The van der Waals surface area contributed by atoms with Crippen LogP contribution in [0.4, 0.5) is 4.39 Å². The highest BCUT2D eigenvalue weighted by molar-refractivity contribution is 7.89. The molecule has 1 aromatic carbocycles. The summed E-state index contributed by atoms with van der Waals surface area (Å²) >= 11 is 5.63. The third-order valence-electron chi connectivity index (χ3n) is 3.87. The second-order valence-electron chi connectivity index (χ2n) is 5.59. The zero-order chi connectivity index (χ0) is 15.6. The van der Waals surface area contributed by atoms with Gasteiger partial charge in [-0.3, -0.25) is 0 Å². The smallest absolute Gasteiger partial charge is 0.242 e. The predicted molar refractivity (Wildman–Crippen MR) is 81.4 cm³/mol. The van der Waals surface area contributed by atoms with E-state index >= 15 is 0 Å². The number of nitrogens with zero attached hydrogens (tertiary/aromatic N) is 2. The van der Waals surface area contributed by atoms with Crippen molar-refractivity contribution in [1.29, 1.82) is 0 Å². The van der Waals surface area contributed by atoms with Gasteiger partial charge in [0, 0.05) is 25.7 Å². The van der Waals surface area contributed by atoms with E-state index in [1.54, 1.807) is 7.05 Å². The van der Waals surface area contributed by atoms with Gasteiger partial charge in [-0.25, -0.2) is 17.1 Å². The van der Waals surface area contributed by atoms with Gasteiger partial charge in [-0.2, -0.15) is 0 Å². The molecule has 1 atom stereocenters. The van der Waals surface area contributed by atoms with E-state index in [0.717, 1.165) is 25.6 Å². The second-order valence-corrected chi connectivity index (χ2v) is 7.90. The fourth-order valence-corrected chi connectivity index (χ4v) is 4.13. The number of rotatable bonds is 5. The van der Waals surface area contributed by atoms with E-state index in [1.165, 1.54) is 16.4 Å². The molecule has 1 unspecified atom stereocenters. The number of hydrogen-bond acceptors (Lipinski definition) is 3. The van der Waals surface area contributed by atoms with Gasteiger partial charge in [-0.05, 0) is 44.1 Å². The van der Waals surface area contributed by atoms with E-state index < -0.39 is 15.8 Å². The van der Waals surface area contributed by atoms with Gasteiger partial charge >= 0.3 is 0 Å². The van der Waals surface area contributed by atoms with Gasteiger partial charge in [-0.15, -0.1) is 11.6 Å². The molecule has 0 amide bonds. The van der Waals surface area contributed by atoms with Crippen molar-refractivity contribution < 1.29 is 12.8 Å². The lowest BCUT2D eigenvalue weighted by Crippen LogP contribution is -2.33. The SMILES string of the molecule is CN1CCC(CN(C)S(=O)(=O)c2ccc(F)c(CCl)c2)C1. The molecule has 0 radical (unpaired) electrons. The first-order chi connectivity index (χ1) is 9.84. The Kier molecular flexibility index (Phi) is 5.24. The average Bonchev–Trinajstić information content (AvgIpc) is 2.84. The Balaban J connectivity index is 2.17. The summed E-state index contributed by atoms with van der Waals surface area (Å²) in [5, 5.41) is 0. The van der Waals surface area contributed by atoms with Crippen molar-refractivity contribution in [2.45, 2.75) is 17.2 Å². The minimum absolute atomic E-state index is 0.0493. The Morgan fingerprint density at radius 1 is 1.48 bits per heavy atom. The van der Waals surface area contributed by atoms with Crippen molar-refractivity contribution in [2.24, 2.45) is 5.92 Å². The van der Waals surface area contributed by atoms with E-state index in [4.69, 9.17) is 11.6 Å². The molecule has 0 spiro atoms. The highest BCUT2D eigenvalue weighted by atomic mass is 35.5. The summed E-state index contributed by atoms with van der Waals surface area (Å²) in [7, 11) is -0.00795. The molecule has 0 aromatic heterocycles. The molecule has 1 saturated heterocycles. The molecule has 1 heterocycles. The molecule has 21 heavy (non-hydrogen) atoms. The quantitative estimate of drug-likeness (QED) is 0.775. The molecule has 7 heteroatoms. The van der Waals surface area contributed by atoms with Crippen molar-refractivity contribution in [3.63, 3.8) is 0 Å². The molecule has 1 aliphatic rings. The zero-order valence-corrected chi connectivity index (χ0v) is 13.8. The first-order valence-corrected chi connectivity index (χ1v) is 8.81. The molecule has 1 aliphatic heterocycles. The van der Waals surface area contributed by atoms with Crippen LogP contribution in [0, 0.1) is 11.7 Å². The highest BCUT2D eigenvalue weighted by Crippen LogP contribution is 2.22. The van der Waals surface area contributed by atoms with Crippen LogP contribution in [-0.4, -0.2) is 51.4 Å². The Labute approximate surface area is 130 Å². The van der Waals surface area contributed by atoms with Gasteiger partial charge in [0.15, 0.2) is 0 Å². The monoisotopic (exact) mass is 334 g/mol. The van der Waals surface area contributed by atoms with Crippen molar-refractivity contribution in [2.75, 3.05) is 33.7 Å². The van der Waals surface area contributed by atoms with Crippen LogP contribution < -0.4 is 0 Å². The lowest BCUT2D eigenvalue weighted by atomic mass is 10.1. The van der Waals surface area contributed by atoms with Crippen molar-refractivity contribution in [3.8, 4) is 0 Å². The third-order valence-corrected chi connectivity index (χ3v) is 5.98. The summed E-state index contributed by atoms with van der Waals surface area (Å²) in [6.45, 7) is 2.36. The second kappa shape index (κ2) is 6.60. The molecule has 0 bridgehead atoms. The minimum atomic E-state index is -3.60. The maximum absolute atomic E-state index is 13.4. The van der Waals surface area contributed by atoms with Crippen LogP contribution in [-0.2, 0) is 15.9 Å². The molecule has 118 valence electrons. The molecular formula is C14H20ClFN2O2S. The van der Waals surface area contributed by atoms with Gasteiger partial charge in [0.1, 0.15) is 5.82 Å². The van der Waals surface area contributed by atoms with Crippen molar-refractivity contribution in [1.82, 2.24) is 9.21 Å². The fourth-order valence-electron chi connectivity index (χ4n) is 2.63. The van der Waals surface area contributed by atoms with Gasteiger partial charge < -0.3 is 4.90 Å². The number of alkyl halides is 1. The topological polar surface area (TPSA) is 40.6 Å². The molecule has 0 saturated carbocycles. The average molecular weight is 335 g/mol. The minimum Gasteiger partial charge on any atom is -0.306 e. The van der Waals surface area contributed by atoms with Gasteiger partial charge in [0.2, 0.25) is 10.0 Å². The highest BCUT2D eigenvalue weighted by Gasteiger charge is 2.27. The van der Waals surface area contributed by atoms with Crippen molar-refractivity contribution >= 4 is 21.6 Å². The van der Waals surface area contributed by atoms with Crippen molar-refractivity contribution in [3.05, 3.63) is 29.6 Å². The van der Waals surface area contributed by atoms with Crippen LogP contribution in [0.2, 0.25) is 0 Å². The van der Waals surface area contributed by atoms with Crippen LogP contribution in [0.5, 0.6) is 0 Å². The first-order valence-electron chi connectivity index (χ1n) is 6.84. The van der Waals surface area contributed by atoms with Crippen LogP contribution in [0.3, 0.4) is 0 Å². The molecule has 2 rings (SSSR count). The molecular weight excluding hydrogens is 315 g/mol. The molecule has 0 N–H and O–H groups in total. The summed E-state index contributed by atoms with van der Waals surface area (Å²) in [5.74, 6) is -0.196. The summed E-state index contributed by atoms with van der Waals surface area (Å²) < 4.78 is 39.8. The largest absolute Gasteiger partial charge is 0.306 e. The standard InChI is InChI=1S/C14H20ClFN2O2S/c1-17-6-5-11(9-17)10-18(2)21(19,20)13-3-4-14(16)12(7-13)8-15/h3-4,7,11H,5-6,8-10H2,1-2H3. The molecule has 4 nitrogen and oxygen atoms in total. The Morgan fingerprint density at radius 3 is 2.76 bits per heavy atom. The Hall–Kier alpha value is -0.690. The van der Waals surface area contributed by atoms with Gasteiger partial charge in [0.25, 0.3) is 0 Å². The first kappa shape index (κ1) is 16.7. The number of benzene rings is 1. The van der Waals surface area contributed by atoms with E-state index in [-0.39, 0.29) is 16.3 Å². The number of halogens is 2. The third kappa shape index (κ3) is 3.74. The maximum Gasteiger partial charge on any atom is 0.242 e. The Morgan fingerprint density at radius 2 is 2.19 bits per heavy atom. The summed E-state index contributed by atoms with van der Waals surface area (Å²) in [6, 6.07) is 3.76. The number of sulfonamides is 1. The van der Waals surface area contributed by atoms with Crippen LogP contribution in [0.25, 0.3) is 0 Å². The van der Waals surface area contributed by atoms with E-state index in [1.807, 2.05) is 7.05 Å². The normalized spacial score (nSPS) is 20.3. The van der Waals surface area contributed by atoms with Crippen LogP contribution in [0.15, 0.2) is 23.1 Å². The maximum atomic E-state index is 13.4. The van der Waals surface area contributed by atoms with Gasteiger partial charge in [-0.1, -0.05) is 0 Å². The van der Waals surface area contributed by atoms with Crippen LogP contribution >= 0.6 is 11.6 Å². The lowest BCUT2D eigenvalue weighted by Gasteiger charge is -2.21. The van der Waals surface area contributed by atoms with E-state index in [0.29, 0.717) is 12.5 Å². The van der Waals surface area contributed by atoms with E-state index in [9.17, 15) is 12.8 Å². The van der Waals surface area contributed by atoms with Gasteiger partial charge in [0.05, 0.1) is 10.8 Å². The van der Waals surface area contributed by atoms with Crippen LogP contribution in [0.1, 0.15) is 12.0 Å². The summed E-state index contributed by atoms with van der Waals surface area (Å²) in [6.07, 6.45) is 0.993. The predicted octanol–water partition coefficient (Wildman–Crippen LogP) is 2.14. The molecule has 1 aromatic rings. The van der Waals surface area contributed by atoms with E-state index in [2.05, 4.69) is 4.90 Å². The molecule has 1 fully saturated rings. The molecule has 0 aliphatic carbocycles. The zero-order valence-electron chi connectivity index (χ0n) is 12.2. The lowest BCUT2D eigenvalue weighted by molar-refractivity contribution is 0.356. The fraction of sp³-hybridized carbons (Fsp3) is 0.571. The summed E-state index contributed by atoms with van der Waals surface area (Å²) in [5.41, 5.74) is 0.201. The number of likely N-dealkylation sites (tertiary alicyclic amines) is 1. The summed E-state index contributed by atoms with van der Waals surface area (Å²) in [4.78, 5) is 2.28.